The van der Waals surface area contributed by atoms with Crippen LogP contribution < -0.4 is 0 Å². The Morgan fingerprint density at radius 3 is 2.61 bits per heavy atom. The second-order valence-electron chi connectivity index (χ2n) is 6.00. The summed E-state index contributed by atoms with van der Waals surface area (Å²) >= 11 is 1.62. The number of nitrogens with zero attached hydrogens (tertiary/aromatic N) is 2. The summed E-state index contributed by atoms with van der Waals surface area (Å²) in [7, 11) is 0. The summed E-state index contributed by atoms with van der Waals surface area (Å²) in [4.78, 5) is 6.97. The van der Waals surface area contributed by atoms with Crippen molar-refractivity contribution in [1.82, 2.24) is 9.88 Å². The first-order valence-corrected chi connectivity index (χ1v) is 8.75. The lowest BCUT2D eigenvalue weighted by Crippen LogP contribution is -2.38. The van der Waals surface area contributed by atoms with Crippen molar-refractivity contribution in [3.8, 4) is 11.3 Å². The van der Waals surface area contributed by atoms with Gasteiger partial charge in [0.25, 0.3) is 0 Å². The van der Waals surface area contributed by atoms with Gasteiger partial charge in [0.2, 0.25) is 0 Å². The summed E-state index contributed by atoms with van der Waals surface area (Å²) in [5.74, 6) is -0.0422. The fraction of sp³-hybridized carbons (Fsp3) is 0.471. The van der Waals surface area contributed by atoms with Gasteiger partial charge in [0.15, 0.2) is 0 Å². The Balaban J connectivity index is 1.57. The van der Waals surface area contributed by atoms with E-state index in [1.165, 1.54) is 12.1 Å². The molecule has 2 aromatic rings. The summed E-state index contributed by atoms with van der Waals surface area (Å²) in [6.07, 6.45) is 1.21. The van der Waals surface area contributed by atoms with Crippen molar-refractivity contribution < 1.29 is 14.6 Å². The first kappa shape index (κ1) is 16.5. The molecule has 1 aromatic heterocycles. The number of hydrogen-bond acceptors (Lipinski definition) is 5. The molecule has 1 aliphatic heterocycles. The number of aromatic nitrogens is 1. The zero-order chi connectivity index (χ0) is 16.2. The number of piperidine rings is 1. The van der Waals surface area contributed by atoms with Gasteiger partial charge in [-0.05, 0) is 56.1 Å². The zero-order valence-electron chi connectivity index (χ0n) is 12.9. The lowest BCUT2D eigenvalue weighted by molar-refractivity contribution is 0.0172. The molecule has 0 aliphatic carbocycles. The van der Waals surface area contributed by atoms with Crippen molar-refractivity contribution in [1.29, 1.82) is 0 Å². The van der Waals surface area contributed by atoms with E-state index in [0.29, 0.717) is 0 Å². The SMILES string of the molecule is OCC(O)C1CCN(Cc2nc(-c3ccc(F)cc3)cs2)CC1. The van der Waals surface area contributed by atoms with E-state index in [-0.39, 0.29) is 18.3 Å². The van der Waals surface area contributed by atoms with Gasteiger partial charge in [0.1, 0.15) is 10.8 Å². The van der Waals surface area contributed by atoms with Gasteiger partial charge in [0, 0.05) is 10.9 Å². The molecule has 0 spiro atoms. The van der Waals surface area contributed by atoms with Crippen LogP contribution in [-0.2, 0) is 6.54 Å². The Hall–Kier alpha value is -1.34. The van der Waals surface area contributed by atoms with Gasteiger partial charge < -0.3 is 10.2 Å². The lowest BCUT2D eigenvalue weighted by atomic mass is 9.92. The molecule has 1 atom stereocenters. The van der Waals surface area contributed by atoms with Crippen molar-refractivity contribution in [3.63, 3.8) is 0 Å². The van der Waals surface area contributed by atoms with E-state index in [2.05, 4.69) is 9.88 Å². The molecule has 4 nitrogen and oxygen atoms in total. The summed E-state index contributed by atoms with van der Waals surface area (Å²) in [5.41, 5.74) is 1.81. The number of aliphatic hydroxyl groups is 2. The number of benzene rings is 1. The van der Waals surface area contributed by atoms with Gasteiger partial charge in [-0.2, -0.15) is 0 Å². The third kappa shape index (κ3) is 4.14. The van der Waals surface area contributed by atoms with Crippen molar-refractivity contribution >= 4 is 11.3 Å². The highest BCUT2D eigenvalue weighted by Crippen LogP contribution is 2.25. The Kier molecular flexibility index (Phi) is 5.38. The lowest BCUT2D eigenvalue weighted by Gasteiger charge is -2.33. The minimum Gasteiger partial charge on any atom is -0.394 e. The molecule has 1 aliphatic rings. The second-order valence-corrected chi connectivity index (χ2v) is 6.94. The monoisotopic (exact) mass is 336 g/mol. The molecule has 0 saturated carbocycles. The highest BCUT2D eigenvalue weighted by molar-refractivity contribution is 7.09. The normalized spacial score (nSPS) is 18.2. The van der Waals surface area contributed by atoms with Gasteiger partial charge in [-0.25, -0.2) is 9.37 Å². The molecule has 1 fully saturated rings. The molecule has 1 unspecified atom stereocenters. The molecule has 124 valence electrons. The number of thiazole rings is 1. The predicted molar refractivity (Wildman–Crippen MR) is 88.6 cm³/mol. The quantitative estimate of drug-likeness (QED) is 0.881. The van der Waals surface area contributed by atoms with E-state index >= 15 is 0 Å². The predicted octanol–water partition coefficient (Wildman–Crippen LogP) is 2.51. The van der Waals surface area contributed by atoms with Gasteiger partial charge in [-0.3, -0.25) is 4.90 Å². The molecule has 2 heterocycles. The van der Waals surface area contributed by atoms with Crippen molar-refractivity contribution in [3.05, 3.63) is 40.5 Å². The topological polar surface area (TPSA) is 56.6 Å². The zero-order valence-corrected chi connectivity index (χ0v) is 13.7. The van der Waals surface area contributed by atoms with E-state index in [0.717, 1.165) is 48.7 Å². The molecule has 0 amide bonds. The molecule has 2 N–H and O–H groups in total. The Labute approximate surface area is 139 Å². The van der Waals surface area contributed by atoms with E-state index in [9.17, 15) is 9.50 Å². The first-order valence-electron chi connectivity index (χ1n) is 7.87. The number of hydrogen-bond donors (Lipinski definition) is 2. The summed E-state index contributed by atoms with van der Waals surface area (Å²) in [5, 5.41) is 21.8. The average Bonchev–Trinajstić information content (AvgIpc) is 3.04. The molecule has 1 saturated heterocycles. The third-order valence-electron chi connectivity index (χ3n) is 4.41. The highest BCUT2D eigenvalue weighted by atomic mass is 32.1. The van der Waals surface area contributed by atoms with Gasteiger partial charge in [-0.1, -0.05) is 0 Å². The van der Waals surface area contributed by atoms with Crippen LogP contribution in [0.1, 0.15) is 17.8 Å². The average molecular weight is 336 g/mol. The Bertz CT molecular complexity index is 624. The maximum atomic E-state index is 13.0. The summed E-state index contributed by atoms with van der Waals surface area (Å²) < 4.78 is 13.0. The summed E-state index contributed by atoms with van der Waals surface area (Å²) in [6, 6.07) is 6.39. The third-order valence-corrected chi connectivity index (χ3v) is 5.25. The number of aliphatic hydroxyl groups excluding tert-OH is 2. The first-order chi connectivity index (χ1) is 11.2. The molecular weight excluding hydrogens is 315 g/mol. The van der Waals surface area contributed by atoms with Crippen LogP contribution in [0.3, 0.4) is 0 Å². The van der Waals surface area contributed by atoms with E-state index in [1.807, 2.05) is 5.38 Å². The number of likely N-dealkylation sites (tertiary alicyclic amines) is 1. The van der Waals surface area contributed by atoms with Crippen LogP contribution in [0.4, 0.5) is 4.39 Å². The van der Waals surface area contributed by atoms with Crippen LogP contribution in [0, 0.1) is 11.7 Å². The van der Waals surface area contributed by atoms with Crippen LogP contribution in [0.2, 0.25) is 0 Å². The van der Waals surface area contributed by atoms with Crippen molar-refractivity contribution in [2.24, 2.45) is 5.92 Å². The van der Waals surface area contributed by atoms with Gasteiger partial charge in [-0.15, -0.1) is 11.3 Å². The van der Waals surface area contributed by atoms with Gasteiger partial charge >= 0.3 is 0 Å². The molecular formula is C17H21FN2O2S. The van der Waals surface area contributed by atoms with E-state index < -0.39 is 6.10 Å². The minimum absolute atomic E-state index is 0.155. The van der Waals surface area contributed by atoms with Crippen LogP contribution in [-0.4, -0.2) is 45.9 Å². The number of halogens is 1. The molecule has 0 radical (unpaired) electrons. The number of rotatable bonds is 5. The second kappa shape index (κ2) is 7.49. The van der Waals surface area contributed by atoms with E-state index in [1.54, 1.807) is 23.5 Å². The van der Waals surface area contributed by atoms with Crippen molar-refractivity contribution in [2.75, 3.05) is 19.7 Å². The minimum atomic E-state index is -0.595. The summed E-state index contributed by atoms with van der Waals surface area (Å²) in [6.45, 7) is 2.46. The standard InChI is InChI=1S/C17H21FN2O2S/c18-14-3-1-12(2-4-14)15-11-23-17(19-15)9-20-7-5-13(6-8-20)16(22)10-21/h1-4,11,13,16,21-22H,5-10H2. The van der Waals surface area contributed by atoms with Crippen LogP contribution >= 0.6 is 11.3 Å². The van der Waals surface area contributed by atoms with Gasteiger partial charge in [0.05, 0.1) is 24.9 Å². The van der Waals surface area contributed by atoms with Crippen LogP contribution in [0.25, 0.3) is 11.3 Å². The van der Waals surface area contributed by atoms with Crippen LogP contribution in [0.15, 0.2) is 29.6 Å². The van der Waals surface area contributed by atoms with Crippen LogP contribution in [0.5, 0.6) is 0 Å². The Morgan fingerprint density at radius 2 is 1.96 bits per heavy atom. The fourth-order valence-electron chi connectivity index (χ4n) is 2.97. The largest absolute Gasteiger partial charge is 0.394 e. The Morgan fingerprint density at radius 1 is 1.26 bits per heavy atom. The highest BCUT2D eigenvalue weighted by Gasteiger charge is 2.25. The van der Waals surface area contributed by atoms with Crippen molar-refractivity contribution in [2.45, 2.75) is 25.5 Å². The molecule has 6 heteroatoms. The fourth-order valence-corrected chi connectivity index (χ4v) is 3.82. The maximum absolute atomic E-state index is 13.0. The molecule has 1 aromatic carbocycles. The van der Waals surface area contributed by atoms with E-state index in [4.69, 9.17) is 5.11 Å². The smallest absolute Gasteiger partial charge is 0.123 e. The maximum Gasteiger partial charge on any atom is 0.123 e. The molecule has 3 rings (SSSR count). The molecule has 0 bridgehead atoms. The molecule has 23 heavy (non-hydrogen) atoms.